The maximum absolute atomic E-state index is 12.4. The average Bonchev–Trinajstić information content (AvgIpc) is 3.08. The van der Waals surface area contributed by atoms with E-state index in [-0.39, 0.29) is 24.5 Å². The first-order valence-corrected chi connectivity index (χ1v) is 7.46. The third kappa shape index (κ3) is 2.64. The molecule has 0 radical (unpaired) electrons. The number of hydrogen-bond donors (Lipinski definition) is 0. The van der Waals surface area contributed by atoms with Crippen LogP contribution >= 0.6 is 23.2 Å². The molecule has 0 aromatic heterocycles. The second kappa shape index (κ2) is 5.78. The molecule has 116 valence electrons. The molecule has 1 unspecified atom stereocenters. The van der Waals surface area contributed by atoms with Crippen molar-refractivity contribution in [2.75, 3.05) is 19.7 Å². The number of ether oxygens (including phenoxy) is 1. The SMILES string of the molecule is O=C(c1ccc(Cl)c(Cl)c1)N1CCC(N2C(=O)COC2=O)C1. The smallest absolute Gasteiger partial charge is 0.417 e. The van der Waals surface area contributed by atoms with Gasteiger partial charge in [-0.1, -0.05) is 23.2 Å². The number of carbonyl (C=O) groups excluding carboxylic acids is 3. The van der Waals surface area contributed by atoms with Gasteiger partial charge in [-0.3, -0.25) is 9.59 Å². The zero-order valence-electron chi connectivity index (χ0n) is 11.4. The largest absolute Gasteiger partial charge is 0.439 e. The van der Waals surface area contributed by atoms with Crippen LogP contribution in [0.15, 0.2) is 18.2 Å². The zero-order valence-corrected chi connectivity index (χ0v) is 12.9. The fourth-order valence-corrected chi connectivity index (χ4v) is 2.96. The Morgan fingerprint density at radius 2 is 2.00 bits per heavy atom. The lowest BCUT2D eigenvalue weighted by molar-refractivity contribution is -0.127. The van der Waals surface area contributed by atoms with Crippen molar-refractivity contribution < 1.29 is 19.1 Å². The maximum Gasteiger partial charge on any atom is 0.417 e. The van der Waals surface area contributed by atoms with Crippen LogP contribution in [-0.4, -0.2) is 53.4 Å². The Kier molecular flexibility index (Phi) is 3.97. The first kappa shape index (κ1) is 15.1. The van der Waals surface area contributed by atoms with Crippen molar-refractivity contribution in [2.24, 2.45) is 0 Å². The minimum absolute atomic E-state index is 0.207. The van der Waals surface area contributed by atoms with Gasteiger partial charge in [0, 0.05) is 18.7 Å². The highest BCUT2D eigenvalue weighted by atomic mass is 35.5. The second-order valence-corrected chi connectivity index (χ2v) is 5.96. The Bertz CT molecular complexity index is 648. The van der Waals surface area contributed by atoms with Crippen LogP contribution in [0.4, 0.5) is 4.79 Å². The van der Waals surface area contributed by atoms with Crippen LogP contribution in [-0.2, 0) is 9.53 Å². The van der Waals surface area contributed by atoms with E-state index < -0.39 is 6.09 Å². The lowest BCUT2D eigenvalue weighted by Gasteiger charge is -2.20. The summed E-state index contributed by atoms with van der Waals surface area (Å²) in [6.07, 6.45) is -0.104. The van der Waals surface area contributed by atoms with Gasteiger partial charge in [-0.05, 0) is 24.6 Å². The van der Waals surface area contributed by atoms with E-state index in [9.17, 15) is 14.4 Å². The molecular formula is C14H12Cl2N2O4. The predicted octanol–water partition coefficient (Wildman–Crippen LogP) is 2.19. The van der Waals surface area contributed by atoms with Crippen LogP contribution in [0.5, 0.6) is 0 Å². The van der Waals surface area contributed by atoms with Crippen LogP contribution < -0.4 is 0 Å². The number of imide groups is 1. The molecule has 1 aromatic rings. The van der Waals surface area contributed by atoms with E-state index in [1.54, 1.807) is 17.0 Å². The minimum Gasteiger partial charge on any atom is -0.439 e. The molecule has 0 aliphatic carbocycles. The fraction of sp³-hybridized carbons (Fsp3) is 0.357. The Balaban J connectivity index is 1.72. The molecule has 0 saturated carbocycles. The van der Waals surface area contributed by atoms with Crippen molar-refractivity contribution in [2.45, 2.75) is 12.5 Å². The lowest BCUT2D eigenvalue weighted by Crippen LogP contribution is -2.42. The van der Waals surface area contributed by atoms with Crippen LogP contribution in [0.2, 0.25) is 10.0 Å². The number of hydrogen-bond acceptors (Lipinski definition) is 4. The molecular weight excluding hydrogens is 331 g/mol. The van der Waals surface area contributed by atoms with Crippen LogP contribution in [0, 0.1) is 0 Å². The zero-order chi connectivity index (χ0) is 15.9. The summed E-state index contributed by atoms with van der Waals surface area (Å²) in [7, 11) is 0. The van der Waals surface area contributed by atoms with Crippen molar-refractivity contribution in [3.05, 3.63) is 33.8 Å². The lowest BCUT2D eigenvalue weighted by atomic mass is 10.2. The van der Waals surface area contributed by atoms with E-state index in [1.165, 1.54) is 6.07 Å². The third-order valence-corrected chi connectivity index (χ3v) is 4.51. The van der Waals surface area contributed by atoms with E-state index in [4.69, 9.17) is 27.9 Å². The topological polar surface area (TPSA) is 66.9 Å². The van der Waals surface area contributed by atoms with Gasteiger partial charge in [-0.2, -0.15) is 0 Å². The molecule has 1 atom stereocenters. The highest BCUT2D eigenvalue weighted by Gasteiger charge is 2.41. The average molecular weight is 343 g/mol. The molecule has 2 saturated heterocycles. The van der Waals surface area contributed by atoms with Gasteiger partial charge in [0.1, 0.15) is 0 Å². The van der Waals surface area contributed by atoms with Gasteiger partial charge in [-0.25, -0.2) is 9.69 Å². The first-order valence-electron chi connectivity index (χ1n) is 6.70. The van der Waals surface area contributed by atoms with E-state index in [0.29, 0.717) is 35.1 Å². The number of amides is 3. The summed E-state index contributed by atoms with van der Waals surface area (Å²) >= 11 is 11.8. The number of benzene rings is 1. The third-order valence-electron chi connectivity index (χ3n) is 3.77. The van der Waals surface area contributed by atoms with Gasteiger partial charge in [0.25, 0.3) is 11.8 Å². The number of carbonyl (C=O) groups is 3. The Morgan fingerprint density at radius 1 is 1.23 bits per heavy atom. The molecule has 0 N–H and O–H groups in total. The highest BCUT2D eigenvalue weighted by Crippen LogP contribution is 2.25. The standard InChI is InChI=1S/C14H12Cl2N2O4/c15-10-2-1-8(5-11(10)16)13(20)17-4-3-9(6-17)18-12(19)7-22-14(18)21/h1-2,5,9H,3-4,6-7H2. The van der Waals surface area contributed by atoms with Crippen LogP contribution in [0.3, 0.4) is 0 Å². The van der Waals surface area contributed by atoms with Gasteiger partial charge < -0.3 is 9.64 Å². The van der Waals surface area contributed by atoms with Crippen molar-refractivity contribution in [1.82, 2.24) is 9.80 Å². The van der Waals surface area contributed by atoms with Crippen molar-refractivity contribution >= 4 is 41.1 Å². The van der Waals surface area contributed by atoms with E-state index >= 15 is 0 Å². The van der Waals surface area contributed by atoms with Gasteiger partial charge in [0.2, 0.25) is 0 Å². The van der Waals surface area contributed by atoms with Crippen molar-refractivity contribution in [3.63, 3.8) is 0 Å². The maximum atomic E-state index is 12.4. The Labute approximate surface area is 136 Å². The molecule has 22 heavy (non-hydrogen) atoms. The molecule has 0 spiro atoms. The Hall–Kier alpha value is -1.79. The quantitative estimate of drug-likeness (QED) is 0.826. The number of likely N-dealkylation sites (tertiary alicyclic amines) is 1. The normalized spacial score (nSPS) is 21.5. The van der Waals surface area contributed by atoms with Gasteiger partial charge >= 0.3 is 6.09 Å². The summed E-state index contributed by atoms with van der Waals surface area (Å²) < 4.78 is 4.70. The summed E-state index contributed by atoms with van der Waals surface area (Å²) in [4.78, 5) is 38.3. The molecule has 2 aliphatic heterocycles. The molecule has 1 aromatic carbocycles. The van der Waals surface area contributed by atoms with Crippen molar-refractivity contribution in [3.8, 4) is 0 Å². The van der Waals surface area contributed by atoms with Crippen LogP contribution in [0.25, 0.3) is 0 Å². The van der Waals surface area contributed by atoms with Crippen molar-refractivity contribution in [1.29, 1.82) is 0 Å². The fourth-order valence-electron chi connectivity index (χ4n) is 2.67. The summed E-state index contributed by atoms with van der Waals surface area (Å²) in [5.74, 6) is -0.570. The van der Waals surface area contributed by atoms with Gasteiger partial charge in [0.15, 0.2) is 6.61 Å². The number of halogens is 2. The number of nitrogens with zero attached hydrogens (tertiary/aromatic N) is 2. The molecule has 8 heteroatoms. The summed E-state index contributed by atoms with van der Waals surface area (Å²) in [5.41, 5.74) is 0.422. The first-order chi connectivity index (χ1) is 10.5. The van der Waals surface area contributed by atoms with Gasteiger partial charge in [0.05, 0.1) is 16.1 Å². The summed E-state index contributed by atoms with van der Waals surface area (Å²) in [6, 6.07) is 4.33. The van der Waals surface area contributed by atoms with Crippen LogP contribution in [0.1, 0.15) is 16.8 Å². The highest BCUT2D eigenvalue weighted by molar-refractivity contribution is 6.42. The molecule has 2 heterocycles. The van der Waals surface area contributed by atoms with E-state index in [2.05, 4.69) is 0 Å². The summed E-state index contributed by atoms with van der Waals surface area (Å²) in [5, 5.41) is 0.685. The monoisotopic (exact) mass is 342 g/mol. The van der Waals surface area contributed by atoms with Gasteiger partial charge in [-0.15, -0.1) is 0 Å². The molecule has 0 bridgehead atoms. The summed E-state index contributed by atoms with van der Waals surface area (Å²) in [6.45, 7) is 0.525. The van der Waals surface area contributed by atoms with E-state index in [0.717, 1.165) is 4.90 Å². The minimum atomic E-state index is -0.640. The number of rotatable bonds is 2. The molecule has 2 aliphatic rings. The molecule has 3 rings (SSSR count). The molecule has 6 nitrogen and oxygen atoms in total. The molecule has 2 fully saturated rings. The number of cyclic esters (lactones) is 1. The molecule has 3 amide bonds. The second-order valence-electron chi connectivity index (χ2n) is 5.14. The Morgan fingerprint density at radius 3 is 2.64 bits per heavy atom. The predicted molar refractivity (Wildman–Crippen MR) is 79.0 cm³/mol. The van der Waals surface area contributed by atoms with E-state index in [1.807, 2.05) is 0 Å².